The third kappa shape index (κ3) is 9.24. The average Bonchev–Trinajstić information content (AvgIpc) is 3.67. The van der Waals surface area contributed by atoms with Gasteiger partial charge in [-0.05, 0) is 74.9 Å². The second-order valence-electron chi connectivity index (χ2n) is 10.8. The van der Waals surface area contributed by atoms with Gasteiger partial charge in [0.2, 0.25) is 0 Å². The first-order chi connectivity index (χ1) is 19.1. The van der Waals surface area contributed by atoms with Crippen LogP contribution in [-0.2, 0) is 6.54 Å². The molecule has 0 aliphatic carbocycles. The molecule has 0 fully saturated rings. The summed E-state index contributed by atoms with van der Waals surface area (Å²) in [6.07, 6.45) is 18.8. The van der Waals surface area contributed by atoms with Gasteiger partial charge in [0.05, 0.1) is 14.1 Å². The maximum absolute atomic E-state index is 5.16. The lowest BCUT2D eigenvalue weighted by Gasteiger charge is -2.16. The fourth-order valence-corrected chi connectivity index (χ4v) is 8.24. The van der Waals surface area contributed by atoms with Crippen LogP contribution in [0, 0.1) is 5.92 Å². The van der Waals surface area contributed by atoms with Crippen LogP contribution in [-0.4, -0.2) is 15.0 Å². The quantitative estimate of drug-likeness (QED) is 0.0972. The molecule has 0 radical (unpaired) electrons. The molecule has 4 rings (SSSR count). The molecule has 0 aliphatic heterocycles. The van der Waals surface area contributed by atoms with Crippen molar-refractivity contribution in [1.82, 2.24) is 15.0 Å². The van der Waals surface area contributed by atoms with Gasteiger partial charge in [-0.25, -0.2) is 0 Å². The van der Waals surface area contributed by atoms with E-state index >= 15 is 0 Å². The summed E-state index contributed by atoms with van der Waals surface area (Å²) in [6, 6.07) is 13.1. The van der Waals surface area contributed by atoms with Crippen LogP contribution in [0.3, 0.4) is 0 Å². The summed E-state index contributed by atoms with van der Waals surface area (Å²) >= 11 is 10.8. The van der Waals surface area contributed by atoms with Gasteiger partial charge >= 0.3 is 0 Å². The third-order valence-corrected chi connectivity index (χ3v) is 10.9. The van der Waals surface area contributed by atoms with Crippen molar-refractivity contribution in [1.29, 1.82) is 0 Å². The lowest BCUT2D eigenvalue weighted by Crippen LogP contribution is -2.14. The second kappa shape index (κ2) is 16.4. The molecule has 4 aromatic rings. The normalized spacial score (nSPS) is 11.8. The van der Waals surface area contributed by atoms with Crippen molar-refractivity contribution >= 4 is 65.6 Å². The van der Waals surface area contributed by atoms with Gasteiger partial charge in [0.1, 0.15) is 11.0 Å². The molecule has 0 bridgehead atoms. The number of unbranched alkanes of at least 4 members (excludes halogenated alkanes) is 10. The molecular weight excluding hydrogens is 650 g/mol. The smallest absolute Gasteiger partial charge is 0.122 e. The summed E-state index contributed by atoms with van der Waals surface area (Å²) in [5.74, 6) is 0.642. The Balaban J connectivity index is 1.54. The predicted octanol–water partition coefficient (Wildman–Crippen LogP) is 12.5. The number of hydrogen-bond donors (Lipinski definition) is 0. The first-order valence-corrected chi connectivity index (χ1v) is 18.2. The van der Waals surface area contributed by atoms with Crippen molar-refractivity contribution in [3.8, 4) is 20.9 Å². The first-order valence-electron chi connectivity index (χ1n) is 15.0. The predicted molar refractivity (Wildman–Crippen MR) is 179 cm³/mol. The van der Waals surface area contributed by atoms with Crippen molar-refractivity contribution in [3.05, 3.63) is 44.0 Å². The van der Waals surface area contributed by atoms with E-state index in [0.717, 1.165) is 25.2 Å². The fourth-order valence-electron chi connectivity index (χ4n) is 5.42. The Labute approximate surface area is 260 Å². The number of halogens is 2. The lowest BCUT2D eigenvalue weighted by molar-refractivity contribution is 0.326. The summed E-state index contributed by atoms with van der Waals surface area (Å²) < 4.78 is 2.28. The van der Waals surface area contributed by atoms with E-state index in [-0.39, 0.29) is 0 Å². The topological polar surface area (TPSA) is 30.7 Å². The van der Waals surface area contributed by atoms with Gasteiger partial charge in [-0.2, -0.15) is 15.0 Å². The Morgan fingerprint density at radius 1 is 0.615 bits per heavy atom. The maximum atomic E-state index is 5.16. The molecule has 0 saturated carbocycles. The van der Waals surface area contributed by atoms with Crippen molar-refractivity contribution in [2.24, 2.45) is 5.92 Å². The minimum absolute atomic E-state index is 0.642. The van der Waals surface area contributed by atoms with Gasteiger partial charge < -0.3 is 0 Å². The van der Waals surface area contributed by atoms with Gasteiger partial charge in [-0.1, -0.05) is 103 Å². The number of benzene rings is 1. The highest BCUT2D eigenvalue weighted by Crippen LogP contribution is 2.40. The van der Waals surface area contributed by atoms with Crippen LogP contribution in [0.15, 0.2) is 44.0 Å². The molecule has 0 amide bonds. The second-order valence-corrected chi connectivity index (χ2v) is 15.7. The zero-order valence-corrected chi connectivity index (χ0v) is 28.4. The number of rotatable bonds is 18. The Kier molecular flexibility index (Phi) is 13.0. The van der Waals surface area contributed by atoms with E-state index in [0.29, 0.717) is 5.92 Å². The molecule has 3 aromatic heterocycles. The van der Waals surface area contributed by atoms with Gasteiger partial charge in [-0.15, -0.1) is 22.7 Å². The molecule has 212 valence electrons. The number of fused-ring (bicyclic) bond motifs is 1. The molecule has 0 atom stereocenters. The minimum Gasteiger partial charge on any atom is -0.183 e. The fraction of sp³-hybridized carbons (Fsp3) is 0.562. The zero-order valence-electron chi connectivity index (χ0n) is 23.6. The molecular formula is C32H43Br2N3S2. The summed E-state index contributed by atoms with van der Waals surface area (Å²) in [4.78, 5) is 4.49. The third-order valence-electron chi connectivity index (χ3n) is 7.61. The molecule has 0 saturated heterocycles. The molecule has 1 aromatic carbocycles. The van der Waals surface area contributed by atoms with Gasteiger partial charge in [0.15, 0.2) is 0 Å². The highest BCUT2D eigenvalue weighted by molar-refractivity contribution is 9.11. The van der Waals surface area contributed by atoms with Crippen LogP contribution in [0.2, 0.25) is 0 Å². The number of aromatic nitrogens is 3. The Bertz CT molecular complexity index is 1180. The van der Waals surface area contributed by atoms with Crippen LogP contribution in [0.5, 0.6) is 0 Å². The van der Waals surface area contributed by atoms with E-state index in [9.17, 15) is 0 Å². The highest BCUT2D eigenvalue weighted by atomic mass is 79.9. The molecule has 0 unspecified atom stereocenters. The van der Waals surface area contributed by atoms with Crippen LogP contribution in [0.25, 0.3) is 31.9 Å². The van der Waals surface area contributed by atoms with Crippen LogP contribution in [0.1, 0.15) is 104 Å². The van der Waals surface area contributed by atoms with E-state index in [2.05, 4.69) is 82.1 Å². The molecule has 3 nitrogen and oxygen atoms in total. The number of thiophene rings is 2. The van der Waals surface area contributed by atoms with Crippen LogP contribution in [0.4, 0.5) is 0 Å². The van der Waals surface area contributed by atoms with Crippen molar-refractivity contribution in [2.45, 2.75) is 110 Å². The molecule has 0 aliphatic rings. The number of hydrogen-bond acceptors (Lipinski definition) is 4. The lowest BCUT2D eigenvalue weighted by atomic mass is 9.94. The zero-order chi connectivity index (χ0) is 27.5. The number of nitrogens with zero attached hydrogens (tertiary/aromatic N) is 3. The van der Waals surface area contributed by atoms with E-state index in [1.54, 1.807) is 22.7 Å². The summed E-state index contributed by atoms with van der Waals surface area (Å²) in [7, 11) is 0. The maximum Gasteiger partial charge on any atom is 0.122 e. The van der Waals surface area contributed by atoms with Gasteiger partial charge in [0, 0.05) is 20.9 Å². The van der Waals surface area contributed by atoms with Gasteiger partial charge in [0.25, 0.3) is 0 Å². The largest absolute Gasteiger partial charge is 0.183 e. The molecule has 7 heteroatoms. The summed E-state index contributed by atoms with van der Waals surface area (Å²) in [6.45, 7) is 5.51. The van der Waals surface area contributed by atoms with Crippen molar-refractivity contribution in [3.63, 3.8) is 0 Å². The Hall–Kier alpha value is -1.02. The summed E-state index contributed by atoms with van der Waals surface area (Å²) in [5, 5.41) is 10.3. The highest BCUT2D eigenvalue weighted by Gasteiger charge is 2.19. The van der Waals surface area contributed by atoms with Gasteiger partial charge in [-0.3, -0.25) is 0 Å². The molecule has 3 heterocycles. The van der Waals surface area contributed by atoms with E-state index in [1.165, 1.54) is 111 Å². The molecule has 39 heavy (non-hydrogen) atoms. The molecule has 0 spiro atoms. The van der Waals surface area contributed by atoms with Crippen molar-refractivity contribution in [2.75, 3.05) is 0 Å². The van der Waals surface area contributed by atoms with Crippen LogP contribution >= 0.6 is 54.5 Å². The van der Waals surface area contributed by atoms with Crippen molar-refractivity contribution < 1.29 is 0 Å². The SMILES string of the molecule is CCCCCCCCC(CCCCCCCC)Cn1nc2c(-c3ccc(Br)s3)ccc(-c3ccc(Br)s3)c2n1. The average molecular weight is 694 g/mol. The first kappa shape index (κ1) is 30.9. The van der Waals surface area contributed by atoms with E-state index < -0.39 is 0 Å². The Morgan fingerprint density at radius 2 is 1.05 bits per heavy atom. The molecule has 0 N–H and O–H groups in total. The summed E-state index contributed by atoms with van der Waals surface area (Å²) in [5.41, 5.74) is 4.39. The van der Waals surface area contributed by atoms with E-state index in [4.69, 9.17) is 10.2 Å². The van der Waals surface area contributed by atoms with Crippen LogP contribution < -0.4 is 0 Å². The monoisotopic (exact) mass is 691 g/mol. The minimum atomic E-state index is 0.642. The standard InChI is InChI=1S/C32H43Br2N3S2/c1-3-5-7-9-11-13-15-24(16-14-12-10-8-6-4-2)23-37-35-31-25(27-19-21-29(33)38-27)17-18-26(32(31)36-37)28-20-22-30(34)39-28/h17-22,24H,3-16,23H2,1-2H3. The Morgan fingerprint density at radius 3 is 1.46 bits per heavy atom. The van der Waals surface area contributed by atoms with E-state index in [1.807, 2.05) is 4.80 Å².